The van der Waals surface area contributed by atoms with E-state index in [1.807, 2.05) is 30.3 Å². The Labute approximate surface area is 92.8 Å². The lowest BCUT2D eigenvalue weighted by Crippen LogP contribution is -2.31. The molecule has 82 valence electrons. The average molecular weight is 226 g/mol. The number of hydrogen-bond acceptors (Lipinski definition) is 4. The van der Waals surface area contributed by atoms with Gasteiger partial charge < -0.3 is 15.3 Å². The summed E-state index contributed by atoms with van der Waals surface area (Å²) in [5, 5.41) is 28.1. The van der Waals surface area contributed by atoms with Crippen molar-refractivity contribution < 1.29 is 15.3 Å². The summed E-state index contributed by atoms with van der Waals surface area (Å²) in [6, 6.07) is 9.57. The first-order valence-electron chi connectivity index (χ1n) is 4.91. The zero-order valence-electron chi connectivity index (χ0n) is 8.15. The maximum Gasteiger partial charge on any atom is 0.0970 e. The molecule has 0 radical (unpaired) electrons. The minimum Gasteiger partial charge on any atom is -0.395 e. The van der Waals surface area contributed by atoms with Gasteiger partial charge in [0.25, 0.3) is 0 Å². The summed E-state index contributed by atoms with van der Waals surface area (Å²) in [6.07, 6.45) is -1.64. The van der Waals surface area contributed by atoms with E-state index in [0.29, 0.717) is 0 Å². The largest absolute Gasteiger partial charge is 0.395 e. The smallest absolute Gasteiger partial charge is 0.0970 e. The normalized spacial score (nSPS) is 35.7. The van der Waals surface area contributed by atoms with Gasteiger partial charge in [0.15, 0.2) is 0 Å². The number of hydrogen-bond donors (Lipinski definition) is 3. The van der Waals surface area contributed by atoms with Crippen LogP contribution in [0.1, 0.15) is 10.8 Å². The second-order valence-corrected chi connectivity index (χ2v) is 5.06. The molecule has 0 aromatic heterocycles. The lowest BCUT2D eigenvalue weighted by molar-refractivity contribution is 0.0198. The summed E-state index contributed by atoms with van der Waals surface area (Å²) in [5.41, 5.74) is 0.991. The lowest BCUT2D eigenvalue weighted by atomic mass is 10.0. The molecule has 1 aromatic rings. The molecule has 3 N–H and O–H groups in total. The van der Waals surface area contributed by atoms with Gasteiger partial charge in [0.1, 0.15) is 0 Å². The van der Waals surface area contributed by atoms with Gasteiger partial charge in [-0.2, -0.15) is 0 Å². The maximum atomic E-state index is 9.83. The van der Waals surface area contributed by atoms with Gasteiger partial charge in [0.05, 0.1) is 29.3 Å². The molecule has 1 aliphatic heterocycles. The van der Waals surface area contributed by atoms with E-state index < -0.39 is 12.2 Å². The van der Waals surface area contributed by atoms with E-state index >= 15 is 0 Å². The highest BCUT2D eigenvalue weighted by molar-refractivity contribution is 8.00. The summed E-state index contributed by atoms with van der Waals surface area (Å²) >= 11 is 1.43. The SMILES string of the molecule is OC[C@H]1S[C@@H](c2ccccc2)[C@H](O)[C@@H]1O. The van der Waals surface area contributed by atoms with Crippen molar-refractivity contribution in [2.75, 3.05) is 6.61 Å². The molecule has 4 atom stereocenters. The van der Waals surface area contributed by atoms with Gasteiger partial charge in [0.2, 0.25) is 0 Å². The highest BCUT2D eigenvalue weighted by Gasteiger charge is 2.42. The van der Waals surface area contributed by atoms with Crippen molar-refractivity contribution in [1.82, 2.24) is 0 Å². The summed E-state index contributed by atoms with van der Waals surface area (Å²) < 4.78 is 0. The van der Waals surface area contributed by atoms with Gasteiger partial charge in [-0.05, 0) is 5.56 Å². The van der Waals surface area contributed by atoms with Crippen LogP contribution in [0.15, 0.2) is 30.3 Å². The van der Waals surface area contributed by atoms with Crippen LogP contribution in [0.5, 0.6) is 0 Å². The predicted molar refractivity (Wildman–Crippen MR) is 59.7 cm³/mol. The van der Waals surface area contributed by atoms with Crippen molar-refractivity contribution in [3.05, 3.63) is 35.9 Å². The van der Waals surface area contributed by atoms with Crippen molar-refractivity contribution >= 4 is 11.8 Å². The zero-order valence-corrected chi connectivity index (χ0v) is 8.97. The second kappa shape index (κ2) is 4.53. The Kier molecular flexibility index (Phi) is 3.31. The third-order valence-corrected chi connectivity index (χ3v) is 4.29. The van der Waals surface area contributed by atoms with Gasteiger partial charge in [-0.3, -0.25) is 0 Å². The van der Waals surface area contributed by atoms with Crippen molar-refractivity contribution in [2.45, 2.75) is 22.7 Å². The summed E-state index contributed by atoms with van der Waals surface area (Å²) in [5.74, 6) is 0. The fourth-order valence-corrected chi connectivity index (χ4v) is 3.24. The van der Waals surface area contributed by atoms with Crippen LogP contribution < -0.4 is 0 Å². The minimum atomic E-state index is -0.842. The van der Waals surface area contributed by atoms with Crippen LogP contribution in [0.4, 0.5) is 0 Å². The summed E-state index contributed by atoms with van der Waals surface area (Å²) in [6.45, 7) is -0.105. The monoisotopic (exact) mass is 226 g/mol. The van der Waals surface area contributed by atoms with Gasteiger partial charge >= 0.3 is 0 Å². The van der Waals surface area contributed by atoms with Crippen LogP contribution in [0, 0.1) is 0 Å². The zero-order chi connectivity index (χ0) is 10.8. The number of benzene rings is 1. The van der Waals surface area contributed by atoms with Crippen LogP contribution >= 0.6 is 11.8 Å². The minimum absolute atomic E-state index is 0.105. The molecular formula is C11H14O3S. The van der Waals surface area contributed by atoms with Gasteiger partial charge in [-0.15, -0.1) is 11.8 Å². The molecule has 1 heterocycles. The van der Waals surface area contributed by atoms with Crippen molar-refractivity contribution in [3.63, 3.8) is 0 Å². The van der Waals surface area contributed by atoms with E-state index in [2.05, 4.69) is 0 Å². The van der Waals surface area contributed by atoms with E-state index in [4.69, 9.17) is 5.11 Å². The standard InChI is InChI=1S/C11H14O3S/c12-6-8-9(13)10(14)11(15-8)7-4-2-1-3-5-7/h1-5,8-14H,6H2/t8-,9-,10-,11+/m1/s1. The molecule has 0 spiro atoms. The first kappa shape index (κ1) is 11.0. The third-order valence-electron chi connectivity index (χ3n) is 2.67. The highest BCUT2D eigenvalue weighted by Crippen LogP contribution is 2.44. The van der Waals surface area contributed by atoms with Crippen LogP contribution in [-0.4, -0.2) is 39.4 Å². The molecule has 1 aromatic carbocycles. The van der Waals surface area contributed by atoms with Gasteiger partial charge in [0, 0.05) is 0 Å². The molecule has 0 bridgehead atoms. The van der Waals surface area contributed by atoms with E-state index in [9.17, 15) is 10.2 Å². The Bertz CT molecular complexity index is 317. The Morgan fingerprint density at radius 1 is 1.07 bits per heavy atom. The molecule has 2 rings (SSSR count). The molecule has 1 fully saturated rings. The maximum absolute atomic E-state index is 9.83. The Balaban J connectivity index is 2.19. The molecule has 0 amide bonds. The number of aliphatic hydroxyl groups excluding tert-OH is 3. The first-order valence-corrected chi connectivity index (χ1v) is 5.85. The van der Waals surface area contributed by atoms with Crippen molar-refractivity contribution in [3.8, 4) is 0 Å². The van der Waals surface area contributed by atoms with Crippen molar-refractivity contribution in [2.24, 2.45) is 0 Å². The van der Waals surface area contributed by atoms with Crippen LogP contribution in [0.25, 0.3) is 0 Å². The van der Waals surface area contributed by atoms with Gasteiger partial charge in [-0.25, -0.2) is 0 Å². The molecule has 1 aliphatic rings. The predicted octanol–water partition coefficient (Wildman–Crippen LogP) is 0.557. The Morgan fingerprint density at radius 3 is 2.27 bits per heavy atom. The van der Waals surface area contributed by atoms with E-state index in [1.165, 1.54) is 11.8 Å². The van der Waals surface area contributed by atoms with E-state index in [1.54, 1.807) is 0 Å². The third kappa shape index (κ3) is 2.03. The first-order chi connectivity index (χ1) is 7.24. The second-order valence-electron chi connectivity index (χ2n) is 3.67. The highest BCUT2D eigenvalue weighted by atomic mass is 32.2. The van der Waals surface area contributed by atoms with Crippen LogP contribution in [0.2, 0.25) is 0 Å². The van der Waals surface area contributed by atoms with Crippen molar-refractivity contribution in [1.29, 1.82) is 0 Å². The summed E-state index contributed by atoms with van der Waals surface area (Å²) in [4.78, 5) is 0. The number of aliphatic hydroxyl groups is 3. The molecule has 15 heavy (non-hydrogen) atoms. The Morgan fingerprint density at radius 2 is 1.73 bits per heavy atom. The number of rotatable bonds is 2. The molecule has 0 aliphatic carbocycles. The van der Waals surface area contributed by atoms with Crippen LogP contribution in [-0.2, 0) is 0 Å². The number of thioether (sulfide) groups is 1. The van der Waals surface area contributed by atoms with Crippen LogP contribution in [0.3, 0.4) is 0 Å². The lowest BCUT2D eigenvalue weighted by Gasteiger charge is -2.15. The fourth-order valence-electron chi connectivity index (χ4n) is 1.82. The Hall–Kier alpha value is -0.550. The molecular weight excluding hydrogens is 212 g/mol. The molecule has 3 nitrogen and oxygen atoms in total. The topological polar surface area (TPSA) is 60.7 Å². The van der Waals surface area contributed by atoms with Gasteiger partial charge in [-0.1, -0.05) is 30.3 Å². The molecule has 0 unspecified atom stereocenters. The van der Waals surface area contributed by atoms with E-state index in [-0.39, 0.29) is 17.1 Å². The molecule has 4 heteroatoms. The quantitative estimate of drug-likeness (QED) is 0.689. The summed E-state index contributed by atoms with van der Waals surface area (Å²) in [7, 11) is 0. The molecule has 1 saturated heterocycles. The average Bonchev–Trinajstić information content (AvgIpc) is 2.57. The molecule has 0 saturated carbocycles. The van der Waals surface area contributed by atoms with E-state index in [0.717, 1.165) is 5.56 Å². The fraction of sp³-hybridized carbons (Fsp3) is 0.455.